The van der Waals surface area contributed by atoms with Gasteiger partial charge >= 0.3 is 6.03 Å². The van der Waals surface area contributed by atoms with Crippen molar-refractivity contribution in [1.29, 1.82) is 0 Å². The van der Waals surface area contributed by atoms with Gasteiger partial charge in [0.2, 0.25) is 0 Å². The lowest BCUT2D eigenvalue weighted by Crippen LogP contribution is -2.36. The molecule has 0 aromatic carbocycles. The molecule has 0 radical (unpaired) electrons. The summed E-state index contributed by atoms with van der Waals surface area (Å²) in [6.45, 7) is 6.20. The van der Waals surface area contributed by atoms with Crippen molar-refractivity contribution in [2.45, 2.75) is 168 Å². The van der Waals surface area contributed by atoms with Crippen LogP contribution in [-0.2, 0) is 0 Å². The van der Waals surface area contributed by atoms with E-state index in [0.717, 1.165) is 25.9 Å². The average molecular weight is 453 g/mol. The first-order valence-electron chi connectivity index (χ1n) is 14.8. The van der Waals surface area contributed by atoms with Gasteiger partial charge in [0.05, 0.1) is 0 Å². The van der Waals surface area contributed by atoms with Crippen LogP contribution in [0.5, 0.6) is 0 Å². The highest BCUT2D eigenvalue weighted by atomic mass is 16.2. The van der Waals surface area contributed by atoms with E-state index in [0.29, 0.717) is 0 Å². The number of urea groups is 1. The third-order valence-corrected chi connectivity index (χ3v) is 6.63. The highest BCUT2D eigenvalue weighted by Gasteiger charge is 1.99. The summed E-state index contributed by atoms with van der Waals surface area (Å²) in [5, 5.41) is 6.02. The third-order valence-electron chi connectivity index (χ3n) is 6.63. The van der Waals surface area contributed by atoms with Gasteiger partial charge in [0.25, 0.3) is 0 Å². The molecule has 32 heavy (non-hydrogen) atoms. The fourth-order valence-corrected chi connectivity index (χ4v) is 4.40. The topological polar surface area (TPSA) is 41.1 Å². The van der Waals surface area contributed by atoms with E-state index >= 15 is 0 Å². The normalized spacial score (nSPS) is 11.1. The monoisotopic (exact) mass is 452 g/mol. The maximum Gasteiger partial charge on any atom is 0.314 e. The van der Waals surface area contributed by atoms with Crippen LogP contribution in [0.25, 0.3) is 0 Å². The number of nitrogens with one attached hydrogen (secondary N) is 2. The van der Waals surface area contributed by atoms with Crippen LogP contribution in [0.1, 0.15) is 168 Å². The SMILES string of the molecule is CCCCCCCCCCCCCCCCNC(=O)NCCCCCCCCCCCC. The van der Waals surface area contributed by atoms with Crippen molar-refractivity contribution in [3.05, 3.63) is 0 Å². The van der Waals surface area contributed by atoms with Crippen LogP contribution in [-0.4, -0.2) is 19.1 Å². The Labute approximate surface area is 202 Å². The molecule has 0 saturated carbocycles. The second-order valence-electron chi connectivity index (χ2n) is 9.96. The van der Waals surface area contributed by atoms with Gasteiger partial charge in [-0.25, -0.2) is 4.79 Å². The molecule has 0 saturated heterocycles. The number of carbonyl (C=O) groups is 1. The molecule has 0 bridgehead atoms. The smallest absolute Gasteiger partial charge is 0.314 e. The standard InChI is InChI=1S/C29H60N2O/c1-3-5-7-9-11-13-15-16-17-18-20-22-24-26-28-31-29(32)30-27-25-23-21-19-14-12-10-8-6-4-2/h3-28H2,1-2H3,(H2,30,31,32). The van der Waals surface area contributed by atoms with Gasteiger partial charge in [-0.05, 0) is 12.8 Å². The minimum Gasteiger partial charge on any atom is -0.338 e. The van der Waals surface area contributed by atoms with E-state index in [1.165, 1.54) is 141 Å². The number of hydrogen-bond acceptors (Lipinski definition) is 1. The highest BCUT2D eigenvalue weighted by Crippen LogP contribution is 2.13. The van der Waals surface area contributed by atoms with Gasteiger partial charge in [-0.1, -0.05) is 155 Å². The molecule has 2 amide bonds. The van der Waals surface area contributed by atoms with Gasteiger partial charge in [0.15, 0.2) is 0 Å². The summed E-state index contributed by atoms with van der Waals surface area (Å²) in [5.74, 6) is 0. The predicted octanol–water partition coefficient (Wildman–Crippen LogP) is 9.69. The zero-order valence-electron chi connectivity index (χ0n) is 22.3. The summed E-state index contributed by atoms with van der Waals surface area (Å²) < 4.78 is 0. The molecule has 0 fully saturated rings. The van der Waals surface area contributed by atoms with Crippen LogP contribution < -0.4 is 10.6 Å². The first-order valence-corrected chi connectivity index (χ1v) is 14.8. The van der Waals surface area contributed by atoms with Crippen molar-refractivity contribution in [1.82, 2.24) is 10.6 Å². The molecular weight excluding hydrogens is 392 g/mol. The molecule has 0 rings (SSSR count). The molecule has 3 heteroatoms. The fraction of sp³-hybridized carbons (Fsp3) is 0.966. The number of carbonyl (C=O) groups excluding carboxylic acids is 1. The van der Waals surface area contributed by atoms with Gasteiger partial charge in [-0.3, -0.25) is 0 Å². The molecule has 3 nitrogen and oxygen atoms in total. The summed E-state index contributed by atoms with van der Waals surface area (Å²) in [4.78, 5) is 11.8. The molecule has 0 unspecified atom stereocenters. The van der Waals surface area contributed by atoms with E-state index < -0.39 is 0 Å². The number of rotatable bonds is 26. The van der Waals surface area contributed by atoms with Gasteiger partial charge in [-0.2, -0.15) is 0 Å². The van der Waals surface area contributed by atoms with Gasteiger partial charge in [0.1, 0.15) is 0 Å². The van der Waals surface area contributed by atoms with Crippen molar-refractivity contribution in [3.8, 4) is 0 Å². The van der Waals surface area contributed by atoms with E-state index in [-0.39, 0.29) is 6.03 Å². The number of hydrogen-bond donors (Lipinski definition) is 2. The molecule has 2 N–H and O–H groups in total. The maximum absolute atomic E-state index is 11.8. The molecule has 0 aromatic heterocycles. The Balaban J connectivity index is 3.13. The lowest BCUT2D eigenvalue weighted by atomic mass is 10.0. The minimum absolute atomic E-state index is 0.0237. The summed E-state index contributed by atoms with van der Waals surface area (Å²) in [7, 11) is 0. The Bertz CT molecular complexity index is 359. The second kappa shape index (κ2) is 28.3. The minimum atomic E-state index is 0.0237. The van der Waals surface area contributed by atoms with Crippen LogP contribution in [0.2, 0.25) is 0 Å². The fourth-order valence-electron chi connectivity index (χ4n) is 4.40. The zero-order chi connectivity index (χ0) is 23.4. The van der Waals surface area contributed by atoms with Gasteiger partial charge in [0, 0.05) is 13.1 Å². The number of unbranched alkanes of at least 4 members (excludes halogenated alkanes) is 22. The lowest BCUT2D eigenvalue weighted by Gasteiger charge is -2.08. The Morgan fingerprint density at radius 3 is 0.844 bits per heavy atom. The summed E-state index contributed by atoms with van der Waals surface area (Å²) in [5.41, 5.74) is 0. The van der Waals surface area contributed by atoms with Crippen molar-refractivity contribution >= 4 is 6.03 Å². The summed E-state index contributed by atoms with van der Waals surface area (Å²) in [6.07, 6.45) is 32.6. The molecule has 0 aliphatic rings. The van der Waals surface area contributed by atoms with Crippen LogP contribution >= 0.6 is 0 Å². The Morgan fingerprint density at radius 1 is 0.375 bits per heavy atom. The van der Waals surface area contributed by atoms with Crippen LogP contribution in [0, 0.1) is 0 Å². The molecular formula is C29H60N2O. The van der Waals surface area contributed by atoms with Crippen molar-refractivity contribution in [3.63, 3.8) is 0 Å². The van der Waals surface area contributed by atoms with Crippen LogP contribution in [0.4, 0.5) is 4.79 Å². The van der Waals surface area contributed by atoms with Crippen LogP contribution in [0.15, 0.2) is 0 Å². The van der Waals surface area contributed by atoms with E-state index in [2.05, 4.69) is 24.5 Å². The zero-order valence-corrected chi connectivity index (χ0v) is 22.3. The molecule has 0 aromatic rings. The molecule has 0 aliphatic carbocycles. The molecule has 0 heterocycles. The van der Waals surface area contributed by atoms with Crippen molar-refractivity contribution < 1.29 is 4.79 Å². The van der Waals surface area contributed by atoms with E-state index in [1.54, 1.807) is 0 Å². The quantitative estimate of drug-likeness (QED) is 0.126. The molecule has 192 valence electrons. The second-order valence-corrected chi connectivity index (χ2v) is 9.96. The third kappa shape index (κ3) is 27.3. The largest absolute Gasteiger partial charge is 0.338 e. The summed E-state index contributed by atoms with van der Waals surface area (Å²) in [6, 6.07) is 0.0237. The van der Waals surface area contributed by atoms with E-state index in [4.69, 9.17) is 0 Å². The summed E-state index contributed by atoms with van der Waals surface area (Å²) >= 11 is 0. The average Bonchev–Trinajstić information content (AvgIpc) is 2.80. The van der Waals surface area contributed by atoms with E-state index in [9.17, 15) is 4.79 Å². The molecule has 0 spiro atoms. The number of amides is 2. The van der Waals surface area contributed by atoms with Crippen molar-refractivity contribution in [2.24, 2.45) is 0 Å². The van der Waals surface area contributed by atoms with E-state index in [1.807, 2.05) is 0 Å². The Hall–Kier alpha value is -0.730. The first-order chi connectivity index (χ1) is 15.8. The molecule has 0 aliphatic heterocycles. The maximum atomic E-state index is 11.8. The first kappa shape index (κ1) is 31.3. The predicted molar refractivity (Wildman–Crippen MR) is 144 cm³/mol. The molecule has 0 atom stereocenters. The van der Waals surface area contributed by atoms with Crippen molar-refractivity contribution in [2.75, 3.05) is 13.1 Å². The van der Waals surface area contributed by atoms with Crippen LogP contribution in [0.3, 0.4) is 0 Å². The Kier molecular flexibility index (Phi) is 27.7. The highest BCUT2D eigenvalue weighted by molar-refractivity contribution is 5.73. The Morgan fingerprint density at radius 2 is 0.594 bits per heavy atom. The lowest BCUT2D eigenvalue weighted by molar-refractivity contribution is 0.240. The van der Waals surface area contributed by atoms with Gasteiger partial charge < -0.3 is 10.6 Å². The van der Waals surface area contributed by atoms with Gasteiger partial charge in [-0.15, -0.1) is 0 Å².